The van der Waals surface area contributed by atoms with Crippen LogP contribution < -0.4 is 29.6 Å². The Bertz CT molecular complexity index is 112. The molecule has 4 nitrogen and oxygen atoms in total. The molecule has 0 aromatic carbocycles. The van der Waals surface area contributed by atoms with E-state index in [-0.39, 0.29) is 29.6 Å². The fourth-order valence-corrected chi connectivity index (χ4v) is 0.276. The predicted molar refractivity (Wildman–Crippen MR) is 32.1 cm³/mol. The smallest absolute Gasteiger partial charge is 0.661 e. The van der Waals surface area contributed by atoms with Crippen LogP contribution >= 0.6 is 0 Å². The fraction of sp³-hybridized carbons (Fsp3) is 0.500. The molecule has 0 atom stereocenters. The molecule has 0 unspecified atom stereocenters. The standard InChI is InChI=1S/C4H8BO4.Na/c1-3(6)8-5-9-4(2)7;/h5H2,1-2H3;/q-1;+1. The van der Waals surface area contributed by atoms with Crippen molar-refractivity contribution >= 4 is 19.6 Å². The van der Waals surface area contributed by atoms with Crippen molar-refractivity contribution in [1.82, 2.24) is 0 Å². The summed E-state index contributed by atoms with van der Waals surface area (Å²) in [5, 5.41) is 0. The second-order valence-electron chi connectivity index (χ2n) is 1.56. The van der Waals surface area contributed by atoms with Gasteiger partial charge in [0, 0.05) is 13.8 Å². The molecule has 0 N–H and O–H groups in total. The molecule has 0 aliphatic rings. The summed E-state index contributed by atoms with van der Waals surface area (Å²) in [5.41, 5.74) is 0. The Kier molecular flexibility index (Phi) is 9.01. The first-order chi connectivity index (χ1) is 4.13. The monoisotopic (exact) mass is 154 g/mol. The summed E-state index contributed by atoms with van der Waals surface area (Å²) in [6.07, 6.45) is 0. The molecular weight excluding hydrogens is 146 g/mol. The zero-order valence-corrected chi connectivity index (χ0v) is 8.63. The second-order valence-corrected chi connectivity index (χ2v) is 1.56. The van der Waals surface area contributed by atoms with Gasteiger partial charge in [0.2, 0.25) is 0 Å². The fourth-order valence-electron chi connectivity index (χ4n) is 0.276. The van der Waals surface area contributed by atoms with Crippen LogP contribution in [0.4, 0.5) is 0 Å². The van der Waals surface area contributed by atoms with E-state index >= 15 is 0 Å². The van der Waals surface area contributed by atoms with Gasteiger partial charge in [-0.15, -0.1) is 0 Å². The Hall–Kier alpha value is 0.00494. The third kappa shape index (κ3) is 10.9. The van der Waals surface area contributed by atoms with Crippen LogP contribution in [0.2, 0.25) is 0 Å². The molecule has 0 aromatic rings. The van der Waals surface area contributed by atoms with Gasteiger partial charge in [-0.25, -0.2) is 0 Å². The van der Waals surface area contributed by atoms with E-state index in [0.29, 0.717) is 0 Å². The van der Waals surface area contributed by atoms with Crippen LogP contribution in [-0.2, 0) is 18.9 Å². The molecule has 0 rings (SSSR count). The van der Waals surface area contributed by atoms with E-state index in [1.54, 1.807) is 0 Å². The van der Waals surface area contributed by atoms with E-state index in [0.717, 1.165) is 0 Å². The van der Waals surface area contributed by atoms with Gasteiger partial charge in [-0.05, 0) is 0 Å². The normalized spacial score (nSPS) is 7.40. The number of hydrogen-bond donors (Lipinski definition) is 0. The van der Waals surface area contributed by atoms with Gasteiger partial charge in [0.05, 0.1) is 0 Å². The summed E-state index contributed by atoms with van der Waals surface area (Å²) >= 11 is 0. The van der Waals surface area contributed by atoms with E-state index in [1.165, 1.54) is 13.8 Å². The molecule has 0 aliphatic carbocycles. The second kappa shape index (κ2) is 7.12. The summed E-state index contributed by atoms with van der Waals surface area (Å²) in [6.45, 7) is 2.54. The van der Waals surface area contributed by atoms with Crippen molar-refractivity contribution in [2.75, 3.05) is 0 Å². The summed E-state index contributed by atoms with van der Waals surface area (Å²) < 4.78 is 8.79. The molecule has 52 valence electrons. The number of carbonyl (C=O) groups excluding carboxylic acids is 2. The van der Waals surface area contributed by atoms with Crippen LogP contribution in [0.1, 0.15) is 13.8 Å². The van der Waals surface area contributed by atoms with Crippen LogP contribution in [0.5, 0.6) is 0 Å². The maximum Gasteiger partial charge on any atom is 1.00 e. The Labute approximate surface area is 81.9 Å². The minimum absolute atomic E-state index is 0. The zero-order chi connectivity index (χ0) is 7.28. The molecule has 0 heterocycles. The SMILES string of the molecule is CC(=O)O[BH2-]OC(C)=O.[Na+]. The first kappa shape index (κ1) is 12.7. The van der Waals surface area contributed by atoms with Crippen molar-refractivity contribution in [1.29, 1.82) is 0 Å². The van der Waals surface area contributed by atoms with E-state index in [9.17, 15) is 9.59 Å². The van der Waals surface area contributed by atoms with Crippen molar-refractivity contribution in [2.45, 2.75) is 13.8 Å². The van der Waals surface area contributed by atoms with Gasteiger partial charge in [0.1, 0.15) is 0 Å². The minimum atomic E-state index is -1.27. The molecule has 0 aliphatic heterocycles. The maximum absolute atomic E-state index is 10.0. The molecule has 6 heteroatoms. The van der Waals surface area contributed by atoms with Crippen molar-refractivity contribution in [3.63, 3.8) is 0 Å². The first-order valence-corrected chi connectivity index (χ1v) is 2.63. The van der Waals surface area contributed by atoms with Crippen LogP contribution in [-0.4, -0.2) is 19.6 Å². The molecular formula is C4H8BNaO4. The summed E-state index contributed by atoms with van der Waals surface area (Å²) in [5.74, 6) is -0.812. The molecule has 0 saturated carbocycles. The largest absolute Gasteiger partial charge is 1.00 e. The quantitative estimate of drug-likeness (QED) is 0.381. The van der Waals surface area contributed by atoms with Gasteiger partial charge in [0.15, 0.2) is 0 Å². The minimum Gasteiger partial charge on any atom is -0.661 e. The predicted octanol–water partition coefficient (Wildman–Crippen LogP) is -3.88. The van der Waals surface area contributed by atoms with E-state index < -0.39 is 19.6 Å². The average molecular weight is 154 g/mol. The molecule has 10 heavy (non-hydrogen) atoms. The van der Waals surface area contributed by atoms with Crippen LogP contribution in [0.15, 0.2) is 0 Å². The van der Waals surface area contributed by atoms with Crippen LogP contribution in [0.25, 0.3) is 0 Å². The molecule has 0 amide bonds. The third-order valence-electron chi connectivity index (χ3n) is 0.742. The summed E-state index contributed by atoms with van der Waals surface area (Å²) in [7, 11) is -1.27. The van der Waals surface area contributed by atoms with Crippen LogP contribution in [0, 0.1) is 0 Å². The molecule has 0 aromatic heterocycles. The van der Waals surface area contributed by atoms with Crippen molar-refractivity contribution < 1.29 is 48.5 Å². The Morgan fingerprint density at radius 3 is 1.60 bits per heavy atom. The number of rotatable bonds is 2. The first-order valence-electron chi connectivity index (χ1n) is 2.63. The van der Waals surface area contributed by atoms with Crippen LogP contribution in [0.3, 0.4) is 0 Å². The Morgan fingerprint density at radius 2 is 1.40 bits per heavy atom. The molecule has 0 spiro atoms. The Morgan fingerprint density at radius 1 is 1.10 bits per heavy atom. The molecule has 0 bridgehead atoms. The topological polar surface area (TPSA) is 52.6 Å². The van der Waals surface area contributed by atoms with Gasteiger partial charge < -0.3 is 9.31 Å². The zero-order valence-electron chi connectivity index (χ0n) is 6.63. The number of carbonyl (C=O) groups is 2. The Balaban J connectivity index is 0. The van der Waals surface area contributed by atoms with Gasteiger partial charge in [-0.1, -0.05) is 0 Å². The van der Waals surface area contributed by atoms with E-state index in [2.05, 4.69) is 9.31 Å². The third-order valence-corrected chi connectivity index (χ3v) is 0.742. The van der Waals surface area contributed by atoms with Gasteiger partial charge >= 0.3 is 37.2 Å². The summed E-state index contributed by atoms with van der Waals surface area (Å²) in [6, 6.07) is 0. The van der Waals surface area contributed by atoms with E-state index in [4.69, 9.17) is 0 Å². The van der Waals surface area contributed by atoms with Crippen molar-refractivity contribution in [3.8, 4) is 0 Å². The van der Waals surface area contributed by atoms with E-state index in [1.807, 2.05) is 0 Å². The van der Waals surface area contributed by atoms with Crippen molar-refractivity contribution in [2.24, 2.45) is 0 Å². The molecule has 0 saturated heterocycles. The number of hydrogen-bond acceptors (Lipinski definition) is 4. The van der Waals surface area contributed by atoms with Crippen molar-refractivity contribution in [3.05, 3.63) is 0 Å². The maximum atomic E-state index is 10.0. The molecule has 0 fully saturated rings. The molecule has 0 radical (unpaired) electrons. The van der Waals surface area contributed by atoms with Gasteiger partial charge in [-0.3, -0.25) is 9.59 Å². The average Bonchev–Trinajstić information content (AvgIpc) is 1.63. The van der Waals surface area contributed by atoms with Gasteiger partial charge in [-0.2, -0.15) is 0 Å². The van der Waals surface area contributed by atoms with Gasteiger partial charge in [0.25, 0.3) is 11.9 Å². The summed E-state index contributed by atoms with van der Waals surface area (Å²) in [4.78, 5) is 20.1.